The minimum Gasteiger partial charge on any atom is -0.270 e. The molecule has 0 aliphatic carbocycles. The van der Waals surface area contributed by atoms with Crippen LogP contribution in [0.15, 0.2) is 24.3 Å². The van der Waals surface area contributed by atoms with Crippen LogP contribution in [-0.2, 0) is 19.1 Å². The van der Waals surface area contributed by atoms with E-state index in [0.717, 1.165) is 10.7 Å². The molecular formula is C9H8ClNO4S. The summed E-state index contributed by atoms with van der Waals surface area (Å²) in [7, 11) is -3.71. The fourth-order valence-corrected chi connectivity index (χ4v) is 2.29. The Balaban J connectivity index is 2.45. The Kier molecular flexibility index (Phi) is 2.65. The maximum Gasteiger partial charge on any atom is 0.277 e. The SMILES string of the molecule is CS(=O)(=O)OC1C(=O)N(Cl)c2ccccc21. The summed E-state index contributed by atoms with van der Waals surface area (Å²) < 4.78 is 27.6. The molecule has 5 nitrogen and oxygen atoms in total. The van der Waals surface area contributed by atoms with Gasteiger partial charge in [0.25, 0.3) is 16.0 Å². The largest absolute Gasteiger partial charge is 0.277 e. The number of nitrogens with zero attached hydrogens (tertiary/aromatic N) is 1. The van der Waals surface area contributed by atoms with Crippen molar-refractivity contribution >= 4 is 33.5 Å². The number of carbonyl (C=O) groups is 1. The molecule has 2 rings (SSSR count). The van der Waals surface area contributed by atoms with Gasteiger partial charge in [0.2, 0.25) is 0 Å². The lowest BCUT2D eigenvalue weighted by atomic mass is 10.1. The number of amides is 1. The van der Waals surface area contributed by atoms with E-state index in [2.05, 4.69) is 0 Å². The second-order valence-corrected chi connectivity index (χ2v) is 5.30. The normalized spacial score (nSPS) is 20.0. The van der Waals surface area contributed by atoms with E-state index in [-0.39, 0.29) is 0 Å². The second kappa shape index (κ2) is 3.73. The van der Waals surface area contributed by atoms with Crippen molar-refractivity contribution in [1.29, 1.82) is 0 Å². The molecule has 0 aromatic heterocycles. The molecular weight excluding hydrogens is 254 g/mol. The molecule has 7 heteroatoms. The van der Waals surface area contributed by atoms with Gasteiger partial charge in [-0.3, -0.25) is 8.98 Å². The van der Waals surface area contributed by atoms with Gasteiger partial charge in [-0.25, -0.2) is 4.42 Å². The maximum atomic E-state index is 11.6. The molecule has 1 aliphatic heterocycles. The smallest absolute Gasteiger partial charge is 0.270 e. The molecule has 0 bridgehead atoms. The number of fused-ring (bicyclic) bond motifs is 1. The molecule has 0 saturated heterocycles. The first-order valence-corrected chi connectivity index (χ1v) is 6.52. The van der Waals surface area contributed by atoms with Crippen LogP contribution in [0.4, 0.5) is 5.69 Å². The zero-order valence-electron chi connectivity index (χ0n) is 8.25. The Labute approximate surface area is 97.8 Å². The van der Waals surface area contributed by atoms with Gasteiger partial charge >= 0.3 is 0 Å². The number of halogens is 1. The van der Waals surface area contributed by atoms with E-state index in [1.807, 2.05) is 0 Å². The Morgan fingerprint density at radius 1 is 1.38 bits per heavy atom. The summed E-state index contributed by atoms with van der Waals surface area (Å²) in [6, 6.07) is 6.60. The average Bonchev–Trinajstić information content (AvgIpc) is 2.43. The second-order valence-electron chi connectivity index (χ2n) is 3.36. The number of rotatable bonds is 2. The number of benzene rings is 1. The molecule has 1 aliphatic rings. The van der Waals surface area contributed by atoms with E-state index in [4.69, 9.17) is 16.0 Å². The van der Waals surface area contributed by atoms with Crippen LogP contribution in [0.3, 0.4) is 0 Å². The Morgan fingerprint density at radius 3 is 2.62 bits per heavy atom. The van der Waals surface area contributed by atoms with Crippen molar-refractivity contribution in [3.8, 4) is 0 Å². The molecule has 0 fully saturated rings. The predicted molar refractivity (Wildman–Crippen MR) is 58.5 cm³/mol. The van der Waals surface area contributed by atoms with Crippen molar-refractivity contribution in [2.45, 2.75) is 6.10 Å². The summed E-state index contributed by atoms with van der Waals surface area (Å²) in [4.78, 5) is 11.6. The number of para-hydroxylation sites is 1. The minimum absolute atomic E-state index is 0.447. The number of hydrogen-bond donors (Lipinski definition) is 0. The standard InChI is InChI=1S/C9H8ClNO4S/c1-16(13,14)15-8-6-4-2-3-5-7(6)11(10)9(8)12/h2-5,8H,1H3. The van der Waals surface area contributed by atoms with Gasteiger partial charge < -0.3 is 0 Å². The minimum atomic E-state index is -3.71. The first-order valence-electron chi connectivity index (χ1n) is 4.37. The highest BCUT2D eigenvalue weighted by atomic mass is 35.5. The van der Waals surface area contributed by atoms with Crippen LogP contribution in [0, 0.1) is 0 Å². The molecule has 0 radical (unpaired) electrons. The molecule has 1 aromatic carbocycles. The zero-order chi connectivity index (χ0) is 11.9. The Bertz CT molecular complexity index is 542. The van der Waals surface area contributed by atoms with Crippen LogP contribution >= 0.6 is 11.8 Å². The molecule has 16 heavy (non-hydrogen) atoms. The van der Waals surface area contributed by atoms with Gasteiger partial charge in [-0.15, -0.1) is 0 Å². The number of hydrogen-bond acceptors (Lipinski definition) is 4. The van der Waals surface area contributed by atoms with Gasteiger partial charge in [-0.1, -0.05) is 18.2 Å². The van der Waals surface area contributed by atoms with Crippen LogP contribution in [0.25, 0.3) is 0 Å². The third kappa shape index (κ3) is 1.91. The first-order chi connectivity index (χ1) is 7.40. The van der Waals surface area contributed by atoms with Crippen molar-refractivity contribution < 1.29 is 17.4 Å². The lowest BCUT2D eigenvalue weighted by Crippen LogP contribution is -2.22. The predicted octanol–water partition coefficient (Wildman–Crippen LogP) is 1.20. The van der Waals surface area contributed by atoms with E-state index in [1.165, 1.54) is 0 Å². The summed E-state index contributed by atoms with van der Waals surface area (Å²) >= 11 is 5.73. The van der Waals surface area contributed by atoms with E-state index >= 15 is 0 Å². The lowest BCUT2D eigenvalue weighted by molar-refractivity contribution is -0.123. The van der Waals surface area contributed by atoms with Crippen LogP contribution in [0.5, 0.6) is 0 Å². The fraction of sp³-hybridized carbons (Fsp3) is 0.222. The molecule has 1 atom stereocenters. The van der Waals surface area contributed by atoms with E-state index in [0.29, 0.717) is 11.3 Å². The summed E-state index contributed by atoms with van der Waals surface area (Å²) in [6.45, 7) is 0. The number of anilines is 1. The zero-order valence-corrected chi connectivity index (χ0v) is 9.83. The van der Waals surface area contributed by atoms with Gasteiger partial charge in [0.15, 0.2) is 6.10 Å². The van der Waals surface area contributed by atoms with Gasteiger partial charge in [-0.05, 0) is 6.07 Å². The Morgan fingerprint density at radius 2 is 2.00 bits per heavy atom. The summed E-state index contributed by atoms with van der Waals surface area (Å²) in [5, 5.41) is 0. The fourth-order valence-electron chi connectivity index (χ4n) is 1.51. The van der Waals surface area contributed by atoms with Crippen LogP contribution in [-0.4, -0.2) is 20.6 Å². The maximum absolute atomic E-state index is 11.6. The highest BCUT2D eigenvalue weighted by molar-refractivity contribution is 7.86. The van der Waals surface area contributed by atoms with E-state index in [1.54, 1.807) is 24.3 Å². The summed E-state index contributed by atoms with van der Waals surface area (Å²) in [5.74, 6) is -0.603. The third-order valence-corrected chi connectivity index (χ3v) is 3.01. The molecule has 0 saturated carbocycles. The Hall–Kier alpha value is -1.11. The lowest BCUT2D eigenvalue weighted by Gasteiger charge is -2.08. The van der Waals surface area contributed by atoms with Gasteiger partial charge in [-0.2, -0.15) is 8.42 Å². The molecule has 0 spiro atoms. The van der Waals surface area contributed by atoms with Crippen LogP contribution < -0.4 is 4.42 Å². The monoisotopic (exact) mass is 261 g/mol. The molecule has 1 heterocycles. The summed E-state index contributed by atoms with van der Waals surface area (Å²) in [5.41, 5.74) is 0.899. The van der Waals surface area contributed by atoms with Crippen LogP contribution in [0.2, 0.25) is 0 Å². The highest BCUT2D eigenvalue weighted by Crippen LogP contribution is 2.39. The van der Waals surface area contributed by atoms with Crippen molar-refractivity contribution in [3.05, 3.63) is 29.8 Å². The van der Waals surface area contributed by atoms with Crippen molar-refractivity contribution in [1.82, 2.24) is 0 Å². The molecule has 0 N–H and O–H groups in total. The van der Waals surface area contributed by atoms with E-state index < -0.39 is 22.1 Å². The van der Waals surface area contributed by atoms with E-state index in [9.17, 15) is 13.2 Å². The molecule has 86 valence electrons. The van der Waals surface area contributed by atoms with Crippen molar-refractivity contribution in [2.75, 3.05) is 10.7 Å². The first kappa shape index (κ1) is 11.4. The molecule has 1 unspecified atom stereocenters. The quantitative estimate of drug-likeness (QED) is 0.593. The topological polar surface area (TPSA) is 63.7 Å². The average molecular weight is 262 g/mol. The molecule has 1 aromatic rings. The highest BCUT2D eigenvalue weighted by Gasteiger charge is 2.39. The van der Waals surface area contributed by atoms with Gasteiger partial charge in [0, 0.05) is 17.3 Å². The number of carbonyl (C=O) groups excluding carboxylic acids is 1. The van der Waals surface area contributed by atoms with Crippen molar-refractivity contribution in [2.24, 2.45) is 0 Å². The third-order valence-electron chi connectivity index (χ3n) is 2.12. The summed E-state index contributed by atoms with van der Waals surface area (Å²) in [6.07, 6.45) is -0.288. The van der Waals surface area contributed by atoms with Crippen LogP contribution in [0.1, 0.15) is 11.7 Å². The van der Waals surface area contributed by atoms with Gasteiger partial charge in [0.05, 0.1) is 11.9 Å². The molecule has 1 amide bonds. The van der Waals surface area contributed by atoms with Crippen molar-refractivity contribution in [3.63, 3.8) is 0 Å². The van der Waals surface area contributed by atoms with Gasteiger partial charge in [0.1, 0.15) is 0 Å².